The summed E-state index contributed by atoms with van der Waals surface area (Å²) >= 11 is 0. The van der Waals surface area contributed by atoms with Crippen LogP contribution in [0.4, 0.5) is 0 Å². The van der Waals surface area contributed by atoms with Gasteiger partial charge < -0.3 is 16.0 Å². The third-order valence-electron chi connectivity index (χ3n) is 3.43. The molecular weight excluding hydrogens is 202 g/mol. The van der Waals surface area contributed by atoms with Gasteiger partial charge in [0.1, 0.15) is 0 Å². The van der Waals surface area contributed by atoms with Gasteiger partial charge in [-0.3, -0.25) is 4.79 Å². The molecule has 0 atom stereocenters. The Balaban J connectivity index is 2.19. The van der Waals surface area contributed by atoms with Crippen molar-refractivity contribution in [2.24, 2.45) is 5.73 Å². The summed E-state index contributed by atoms with van der Waals surface area (Å²) in [7, 11) is 2.11. The second-order valence-electron chi connectivity index (χ2n) is 4.75. The minimum atomic E-state index is 0.155. The molecule has 0 aromatic heterocycles. The molecule has 1 rings (SSSR count). The molecule has 0 unspecified atom stereocenters. The molecule has 0 bridgehead atoms. The third kappa shape index (κ3) is 4.49. The smallest absolute Gasteiger partial charge is 0.221 e. The van der Waals surface area contributed by atoms with Crippen molar-refractivity contribution in [1.82, 2.24) is 10.2 Å². The van der Waals surface area contributed by atoms with Gasteiger partial charge >= 0.3 is 0 Å². The predicted molar refractivity (Wildman–Crippen MR) is 66.2 cm³/mol. The molecule has 0 spiro atoms. The normalized spacial score (nSPS) is 25.8. The van der Waals surface area contributed by atoms with Crippen molar-refractivity contribution in [3.63, 3.8) is 0 Å². The Labute approximate surface area is 98.6 Å². The Morgan fingerprint density at radius 2 is 2.00 bits per heavy atom. The van der Waals surface area contributed by atoms with Gasteiger partial charge in [-0.05, 0) is 39.7 Å². The molecule has 1 saturated carbocycles. The van der Waals surface area contributed by atoms with Gasteiger partial charge in [0.05, 0.1) is 0 Å². The van der Waals surface area contributed by atoms with E-state index in [0.717, 1.165) is 25.9 Å². The zero-order valence-electron chi connectivity index (χ0n) is 10.5. The molecule has 1 amide bonds. The Kier molecular flexibility index (Phi) is 5.77. The minimum absolute atomic E-state index is 0.155. The van der Waals surface area contributed by atoms with Gasteiger partial charge in [-0.1, -0.05) is 0 Å². The first-order chi connectivity index (χ1) is 7.63. The molecule has 0 saturated heterocycles. The first-order valence-electron chi connectivity index (χ1n) is 6.36. The summed E-state index contributed by atoms with van der Waals surface area (Å²) in [5.74, 6) is 0.155. The molecule has 4 nitrogen and oxygen atoms in total. The van der Waals surface area contributed by atoms with E-state index in [1.165, 1.54) is 12.8 Å². The monoisotopic (exact) mass is 227 g/mol. The van der Waals surface area contributed by atoms with Crippen LogP contribution < -0.4 is 11.1 Å². The number of rotatable bonds is 5. The van der Waals surface area contributed by atoms with Gasteiger partial charge in [0.2, 0.25) is 5.91 Å². The van der Waals surface area contributed by atoms with Crippen LogP contribution >= 0.6 is 0 Å². The van der Waals surface area contributed by atoms with Gasteiger partial charge in [-0.2, -0.15) is 0 Å². The summed E-state index contributed by atoms with van der Waals surface area (Å²) in [5, 5.41) is 2.83. The van der Waals surface area contributed by atoms with Crippen LogP contribution in [0.3, 0.4) is 0 Å². The first-order valence-corrected chi connectivity index (χ1v) is 6.36. The van der Waals surface area contributed by atoms with E-state index in [0.29, 0.717) is 18.5 Å². The molecule has 0 heterocycles. The maximum absolute atomic E-state index is 11.3. The van der Waals surface area contributed by atoms with E-state index >= 15 is 0 Å². The molecule has 1 aliphatic carbocycles. The van der Waals surface area contributed by atoms with E-state index in [1.807, 2.05) is 6.92 Å². The van der Waals surface area contributed by atoms with Crippen LogP contribution in [0.5, 0.6) is 0 Å². The summed E-state index contributed by atoms with van der Waals surface area (Å²) in [6, 6.07) is 1.02. The van der Waals surface area contributed by atoms with E-state index in [1.54, 1.807) is 0 Å². The molecule has 0 radical (unpaired) electrons. The number of carbonyl (C=O) groups excluding carboxylic acids is 1. The molecule has 3 N–H and O–H groups in total. The molecule has 94 valence electrons. The van der Waals surface area contributed by atoms with Crippen LogP contribution in [-0.2, 0) is 4.79 Å². The number of hydrogen-bond donors (Lipinski definition) is 2. The maximum atomic E-state index is 11.3. The van der Waals surface area contributed by atoms with E-state index in [-0.39, 0.29) is 5.91 Å². The number of carbonyl (C=O) groups is 1. The average Bonchev–Trinajstić information content (AvgIpc) is 2.27. The molecule has 16 heavy (non-hydrogen) atoms. The highest BCUT2D eigenvalue weighted by molar-refractivity contribution is 5.75. The minimum Gasteiger partial charge on any atom is -0.356 e. The first kappa shape index (κ1) is 13.5. The second-order valence-corrected chi connectivity index (χ2v) is 4.75. The largest absolute Gasteiger partial charge is 0.356 e. The van der Waals surface area contributed by atoms with Crippen molar-refractivity contribution in [2.45, 2.75) is 51.1 Å². The Morgan fingerprint density at radius 1 is 1.38 bits per heavy atom. The highest BCUT2D eigenvalue weighted by atomic mass is 16.1. The molecule has 0 aromatic rings. The molecular formula is C12H25N3O. The van der Waals surface area contributed by atoms with Gasteiger partial charge in [-0.25, -0.2) is 0 Å². The van der Waals surface area contributed by atoms with Crippen molar-refractivity contribution in [2.75, 3.05) is 20.1 Å². The lowest BCUT2D eigenvalue weighted by Gasteiger charge is -2.33. The van der Waals surface area contributed by atoms with Crippen molar-refractivity contribution < 1.29 is 4.79 Å². The van der Waals surface area contributed by atoms with Crippen LogP contribution in [0.25, 0.3) is 0 Å². The van der Waals surface area contributed by atoms with E-state index in [9.17, 15) is 4.79 Å². The molecule has 0 aromatic carbocycles. The van der Waals surface area contributed by atoms with Crippen molar-refractivity contribution >= 4 is 5.91 Å². The Bertz CT molecular complexity index is 212. The summed E-state index contributed by atoms with van der Waals surface area (Å²) in [6.07, 6.45) is 5.19. The van der Waals surface area contributed by atoms with Crippen molar-refractivity contribution in [3.05, 3.63) is 0 Å². The predicted octanol–water partition coefficient (Wildman–Crippen LogP) is 0.714. The van der Waals surface area contributed by atoms with Crippen molar-refractivity contribution in [3.8, 4) is 0 Å². The van der Waals surface area contributed by atoms with Crippen LogP contribution in [0.2, 0.25) is 0 Å². The number of nitrogens with two attached hydrogens (primary N) is 1. The molecule has 1 aliphatic rings. The van der Waals surface area contributed by atoms with Gasteiger partial charge in [0, 0.05) is 31.6 Å². The van der Waals surface area contributed by atoms with Crippen LogP contribution in [-0.4, -0.2) is 43.0 Å². The van der Waals surface area contributed by atoms with Crippen molar-refractivity contribution in [1.29, 1.82) is 0 Å². The van der Waals surface area contributed by atoms with E-state index in [4.69, 9.17) is 5.73 Å². The highest BCUT2D eigenvalue weighted by Crippen LogP contribution is 2.21. The molecule has 0 aliphatic heterocycles. The SMILES string of the molecule is CCNC(=O)CCN(C)C1CCC(N)CC1. The summed E-state index contributed by atoms with van der Waals surface area (Å²) in [6.45, 7) is 3.52. The lowest BCUT2D eigenvalue weighted by atomic mass is 9.91. The zero-order valence-corrected chi connectivity index (χ0v) is 10.5. The van der Waals surface area contributed by atoms with Crippen LogP contribution in [0.1, 0.15) is 39.0 Å². The fraction of sp³-hybridized carbons (Fsp3) is 0.917. The number of amides is 1. The van der Waals surface area contributed by atoms with E-state index in [2.05, 4.69) is 17.3 Å². The zero-order chi connectivity index (χ0) is 12.0. The molecule has 1 fully saturated rings. The summed E-state index contributed by atoms with van der Waals surface area (Å²) < 4.78 is 0. The number of nitrogens with zero attached hydrogens (tertiary/aromatic N) is 1. The fourth-order valence-electron chi connectivity index (χ4n) is 2.29. The second kappa shape index (κ2) is 6.86. The third-order valence-corrected chi connectivity index (χ3v) is 3.43. The number of hydrogen-bond acceptors (Lipinski definition) is 3. The summed E-state index contributed by atoms with van der Waals surface area (Å²) in [5.41, 5.74) is 5.88. The fourth-order valence-corrected chi connectivity index (χ4v) is 2.29. The standard InChI is InChI=1S/C12H25N3O/c1-3-14-12(16)8-9-15(2)11-6-4-10(13)5-7-11/h10-11H,3-9,13H2,1-2H3,(H,14,16). The highest BCUT2D eigenvalue weighted by Gasteiger charge is 2.21. The lowest BCUT2D eigenvalue weighted by molar-refractivity contribution is -0.121. The van der Waals surface area contributed by atoms with Gasteiger partial charge in [0.15, 0.2) is 0 Å². The van der Waals surface area contributed by atoms with Gasteiger partial charge in [0.25, 0.3) is 0 Å². The maximum Gasteiger partial charge on any atom is 0.221 e. The number of nitrogens with one attached hydrogen (secondary N) is 1. The average molecular weight is 227 g/mol. The lowest BCUT2D eigenvalue weighted by Crippen LogP contribution is -2.40. The quantitative estimate of drug-likeness (QED) is 0.727. The van der Waals surface area contributed by atoms with Crippen LogP contribution in [0, 0.1) is 0 Å². The summed E-state index contributed by atoms with van der Waals surface area (Å²) in [4.78, 5) is 13.6. The van der Waals surface area contributed by atoms with Crippen LogP contribution in [0.15, 0.2) is 0 Å². The van der Waals surface area contributed by atoms with E-state index < -0.39 is 0 Å². The van der Waals surface area contributed by atoms with Gasteiger partial charge in [-0.15, -0.1) is 0 Å². The topological polar surface area (TPSA) is 58.4 Å². The Morgan fingerprint density at radius 3 is 2.56 bits per heavy atom. The molecule has 4 heteroatoms. The Hall–Kier alpha value is -0.610.